The molecular formula is C39H40ClN5O5. The number of benzene rings is 4. The van der Waals surface area contributed by atoms with Crippen LogP contribution in [0.2, 0.25) is 5.02 Å². The van der Waals surface area contributed by atoms with E-state index in [9.17, 15) is 14.4 Å². The number of hydrogen-bond donors (Lipinski definition) is 3. The molecule has 0 aliphatic rings. The third kappa shape index (κ3) is 10.7. The predicted molar refractivity (Wildman–Crippen MR) is 191 cm³/mol. The second-order valence-corrected chi connectivity index (χ2v) is 12.2. The first kappa shape index (κ1) is 35.7. The van der Waals surface area contributed by atoms with Crippen molar-refractivity contribution in [2.24, 2.45) is 0 Å². The first-order chi connectivity index (χ1) is 24.4. The van der Waals surface area contributed by atoms with Crippen molar-refractivity contribution in [3.05, 3.63) is 155 Å². The zero-order chi connectivity index (χ0) is 35.1. The van der Waals surface area contributed by atoms with Crippen molar-refractivity contribution in [3.8, 4) is 5.75 Å². The summed E-state index contributed by atoms with van der Waals surface area (Å²) in [7, 11) is 0. The van der Waals surface area contributed by atoms with Crippen molar-refractivity contribution < 1.29 is 23.9 Å². The van der Waals surface area contributed by atoms with Gasteiger partial charge in [0.15, 0.2) is 0 Å². The molecule has 3 amide bonds. The SMILES string of the molecule is CC(CNC(=O)CN(Cc1ccc(OCc2ccccc2)cc1)C(=O)[C@@H](CNC(=O)OCc1ccccc1)c1c[nH]cn1)c1ccccc1Cl. The van der Waals surface area contributed by atoms with E-state index < -0.39 is 12.0 Å². The van der Waals surface area contributed by atoms with Gasteiger partial charge in [-0.05, 0) is 46.4 Å². The number of H-pyrrole nitrogens is 1. The van der Waals surface area contributed by atoms with E-state index in [0.29, 0.717) is 29.6 Å². The molecule has 50 heavy (non-hydrogen) atoms. The van der Waals surface area contributed by atoms with Crippen molar-refractivity contribution in [3.63, 3.8) is 0 Å². The van der Waals surface area contributed by atoms with Crippen LogP contribution in [-0.4, -0.2) is 52.4 Å². The lowest BCUT2D eigenvalue weighted by atomic mass is 10.0. The van der Waals surface area contributed by atoms with Crippen LogP contribution in [0.15, 0.2) is 122 Å². The molecule has 0 spiro atoms. The van der Waals surface area contributed by atoms with E-state index in [1.807, 2.05) is 116 Å². The lowest BCUT2D eigenvalue weighted by Gasteiger charge is -2.27. The fourth-order valence-electron chi connectivity index (χ4n) is 5.31. The molecule has 10 nitrogen and oxygen atoms in total. The van der Waals surface area contributed by atoms with E-state index in [2.05, 4.69) is 20.6 Å². The molecule has 11 heteroatoms. The smallest absolute Gasteiger partial charge is 0.407 e. The molecule has 1 heterocycles. The number of carbonyl (C=O) groups is 3. The van der Waals surface area contributed by atoms with E-state index in [1.165, 1.54) is 11.2 Å². The highest BCUT2D eigenvalue weighted by Gasteiger charge is 2.30. The number of aromatic nitrogens is 2. The van der Waals surface area contributed by atoms with Crippen molar-refractivity contribution in [2.75, 3.05) is 19.6 Å². The van der Waals surface area contributed by atoms with Gasteiger partial charge in [0.2, 0.25) is 11.8 Å². The molecule has 2 atom stereocenters. The first-order valence-corrected chi connectivity index (χ1v) is 16.7. The third-order valence-corrected chi connectivity index (χ3v) is 8.41. The maximum Gasteiger partial charge on any atom is 0.407 e. The van der Waals surface area contributed by atoms with Crippen molar-refractivity contribution in [2.45, 2.75) is 38.5 Å². The van der Waals surface area contributed by atoms with Crippen molar-refractivity contribution in [1.29, 1.82) is 0 Å². The van der Waals surface area contributed by atoms with Crippen LogP contribution in [-0.2, 0) is 34.1 Å². The minimum Gasteiger partial charge on any atom is -0.489 e. The first-order valence-electron chi connectivity index (χ1n) is 16.3. The summed E-state index contributed by atoms with van der Waals surface area (Å²) in [6.45, 7) is 2.62. The third-order valence-electron chi connectivity index (χ3n) is 8.07. The van der Waals surface area contributed by atoms with Gasteiger partial charge in [0.05, 0.1) is 24.5 Å². The molecule has 1 aromatic heterocycles. The number of carbonyl (C=O) groups excluding carboxylic acids is 3. The number of halogens is 1. The van der Waals surface area contributed by atoms with Gasteiger partial charge < -0.3 is 30.0 Å². The van der Waals surface area contributed by atoms with Crippen LogP contribution in [0.3, 0.4) is 0 Å². The number of ether oxygens (including phenoxy) is 2. The van der Waals surface area contributed by atoms with E-state index in [4.69, 9.17) is 21.1 Å². The Morgan fingerprint density at radius 2 is 1.46 bits per heavy atom. The Morgan fingerprint density at radius 3 is 2.12 bits per heavy atom. The van der Waals surface area contributed by atoms with Crippen LogP contribution in [0.1, 0.15) is 46.7 Å². The minimum atomic E-state index is -0.895. The molecule has 0 fully saturated rings. The molecule has 0 saturated carbocycles. The normalized spacial score (nSPS) is 12.0. The van der Waals surface area contributed by atoms with Gasteiger partial charge in [-0.2, -0.15) is 0 Å². The standard InChI is InChI=1S/C39H40ClN5O5/c1-28(33-14-8-9-15-35(33)40)20-42-37(46)24-45(23-29-16-18-32(19-17-29)49-25-30-10-4-2-5-11-30)38(47)34(36-22-41-27-44-36)21-43-39(48)50-26-31-12-6-3-7-13-31/h2-19,22,27-28,34H,20-21,23-26H2,1H3,(H,41,44)(H,42,46)(H,43,48)/t28?,34-/m0/s1. The van der Waals surface area contributed by atoms with Gasteiger partial charge in [-0.25, -0.2) is 9.78 Å². The molecule has 5 rings (SSSR count). The van der Waals surface area contributed by atoms with Crippen LogP contribution < -0.4 is 15.4 Å². The highest BCUT2D eigenvalue weighted by molar-refractivity contribution is 6.31. The van der Waals surface area contributed by atoms with Gasteiger partial charge in [0, 0.05) is 30.9 Å². The Balaban J connectivity index is 1.28. The Hall–Kier alpha value is -5.61. The second-order valence-electron chi connectivity index (χ2n) is 11.8. The molecule has 258 valence electrons. The second kappa shape index (κ2) is 18.2. The fraction of sp³-hybridized carbons (Fsp3) is 0.231. The average molecular weight is 694 g/mol. The number of hydrogen-bond acceptors (Lipinski definition) is 6. The molecule has 1 unspecified atom stereocenters. The van der Waals surface area contributed by atoms with E-state index >= 15 is 0 Å². The topological polar surface area (TPSA) is 126 Å². The number of nitrogens with zero attached hydrogens (tertiary/aromatic N) is 2. The van der Waals surface area contributed by atoms with Crippen LogP contribution in [0.25, 0.3) is 0 Å². The van der Waals surface area contributed by atoms with Gasteiger partial charge in [-0.15, -0.1) is 0 Å². The molecule has 0 aliphatic heterocycles. The summed E-state index contributed by atoms with van der Waals surface area (Å²) in [5, 5.41) is 6.28. The zero-order valence-electron chi connectivity index (χ0n) is 27.8. The van der Waals surface area contributed by atoms with E-state index in [1.54, 1.807) is 6.20 Å². The van der Waals surface area contributed by atoms with Crippen molar-refractivity contribution >= 4 is 29.5 Å². The molecule has 0 saturated heterocycles. The summed E-state index contributed by atoms with van der Waals surface area (Å²) in [6.07, 6.45) is 2.39. The summed E-state index contributed by atoms with van der Waals surface area (Å²) in [5.74, 6) is -0.998. The molecule has 5 aromatic rings. The molecule has 0 bridgehead atoms. The maximum atomic E-state index is 14.3. The minimum absolute atomic E-state index is 0.0527. The summed E-state index contributed by atoms with van der Waals surface area (Å²) in [6, 6.07) is 34.0. The number of amides is 3. The summed E-state index contributed by atoms with van der Waals surface area (Å²) in [4.78, 5) is 48.9. The Kier molecular flexibility index (Phi) is 13.0. The molecule has 0 aliphatic carbocycles. The van der Waals surface area contributed by atoms with Gasteiger partial charge in [-0.1, -0.05) is 110 Å². The van der Waals surface area contributed by atoms with Gasteiger partial charge in [0.25, 0.3) is 0 Å². The average Bonchev–Trinajstić information content (AvgIpc) is 3.68. The zero-order valence-corrected chi connectivity index (χ0v) is 28.5. The monoisotopic (exact) mass is 693 g/mol. The number of aromatic amines is 1. The molecule has 3 N–H and O–H groups in total. The van der Waals surface area contributed by atoms with Gasteiger partial charge in [0.1, 0.15) is 19.0 Å². The quantitative estimate of drug-likeness (QED) is 0.107. The van der Waals surface area contributed by atoms with E-state index in [-0.39, 0.29) is 44.0 Å². The van der Waals surface area contributed by atoms with Crippen LogP contribution in [0.5, 0.6) is 5.75 Å². The van der Waals surface area contributed by atoms with Gasteiger partial charge in [-0.3, -0.25) is 9.59 Å². The molecule has 0 radical (unpaired) electrons. The number of nitrogens with one attached hydrogen (secondary N) is 3. The van der Waals surface area contributed by atoms with Crippen LogP contribution in [0, 0.1) is 0 Å². The van der Waals surface area contributed by atoms with Gasteiger partial charge >= 0.3 is 6.09 Å². The number of imidazole rings is 1. The molecular weight excluding hydrogens is 654 g/mol. The largest absolute Gasteiger partial charge is 0.489 e. The summed E-state index contributed by atoms with van der Waals surface area (Å²) >= 11 is 6.38. The highest BCUT2D eigenvalue weighted by Crippen LogP contribution is 2.24. The van der Waals surface area contributed by atoms with Crippen LogP contribution >= 0.6 is 11.6 Å². The summed E-state index contributed by atoms with van der Waals surface area (Å²) < 4.78 is 11.3. The lowest BCUT2D eigenvalue weighted by molar-refractivity contribution is -0.138. The number of rotatable bonds is 16. The summed E-state index contributed by atoms with van der Waals surface area (Å²) in [5.41, 5.74) is 4.01. The Bertz CT molecular complexity index is 1800. The lowest BCUT2D eigenvalue weighted by Crippen LogP contribution is -2.45. The Labute approximate surface area is 296 Å². The van der Waals surface area contributed by atoms with E-state index in [0.717, 1.165) is 22.3 Å². The number of alkyl carbamates (subject to hydrolysis) is 1. The molecule has 4 aromatic carbocycles. The Morgan fingerprint density at radius 1 is 0.800 bits per heavy atom. The fourth-order valence-corrected chi connectivity index (χ4v) is 5.63. The predicted octanol–water partition coefficient (Wildman–Crippen LogP) is 6.60. The van der Waals surface area contributed by atoms with Crippen molar-refractivity contribution in [1.82, 2.24) is 25.5 Å². The highest BCUT2D eigenvalue weighted by atomic mass is 35.5. The van der Waals surface area contributed by atoms with Crippen LogP contribution in [0.4, 0.5) is 4.79 Å². The maximum absolute atomic E-state index is 14.3.